The predicted octanol–water partition coefficient (Wildman–Crippen LogP) is 1.79. The zero-order chi connectivity index (χ0) is 12.6. The summed E-state index contributed by atoms with van der Waals surface area (Å²) in [6, 6.07) is 4.89. The van der Waals surface area contributed by atoms with Gasteiger partial charge in [0.25, 0.3) is 0 Å². The van der Waals surface area contributed by atoms with Crippen molar-refractivity contribution in [3.63, 3.8) is 0 Å². The molecule has 4 nitrogen and oxygen atoms in total. The first kappa shape index (κ1) is 12.9. The number of anilines is 1. The number of hydrogen-bond donors (Lipinski definition) is 2. The van der Waals surface area contributed by atoms with Crippen LogP contribution in [0.25, 0.3) is 0 Å². The Labute approximate surface area is 109 Å². The number of benzene rings is 1. The van der Waals surface area contributed by atoms with Crippen molar-refractivity contribution in [1.29, 1.82) is 0 Å². The zero-order valence-electron chi connectivity index (χ0n) is 9.35. The maximum atomic E-state index is 12.4. The van der Waals surface area contributed by atoms with E-state index in [2.05, 4.69) is 21.2 Å². The molecule has 2 atom stereocenters. The molecular formula is C11H14BrNO3S. The quantitative estimate of drug-likeness (QED) is 0.872. The third-order valence-corrected chi connectivity index (χ3v) is 6.08. The second-order valence-corrected chi connectivity index (χ2v) is 7.13. The summed E-state index contributed by atoms with van der Waals surface area (Å²) < 4.78 is 25.5. The molecule has 0 amide bonds. The van der Waals surface area contributed by atoms with Crippen LogP contribution < -0.4 is 5.32 Å². The van der Waals surface area contributed by atoms with Crippen molar-refractivity contribution in [3.8, 4) is 0 Å². The monoisotopic (exact) mass is 319 g/mol. The molecule has 2 N–H and O–H groups in total. The molecule has 94 valence electrons. The van der Waals surface area contributed by atoms with E-state index in [1.165, 1.54) is 0 Å². The molecule has 0 saturated heterocycles. The first-order chi connectivity index (χ1) is 7.98. The van der Waals surface area contributed by atoms with Gasteiger partial charge in [-0.15, -0.1) is 0 Å². The number of aliphatic hydroxyl groups excluding tert-OH is 1. The lowest BCUT2D eigenvalue weighted by molar-refractivity contribution is 0.282. The highest BCUT2D eigenvalue weighted by atomic mass is 79.9. The summed E-state index contributed by atoms with van der Waals surface area (Å²) in [5.74, 6) is 0. The highest BCUT2D eigenvalue weighted by molar-refractivity contribution is 9.10. The molecule has 0 radical (unpaired) electrons. The summed E-state index contributed by atoms with van der Waals surface area (Å²) in [7, 11) is -3.37. The largest absolute Gasteiger partial charge is 0.396 e. The van der Waals surface area contributed by atoms with Crippen LogP contribution in [-0.4, -0.2) is 31.4 Å². The van der Waals surface area contributed by atoms with E-state index in [9.17, 15) is 8.42 Å². The maximum absolute atomic E-state index is 12.4. The fourth-order valence-electron chi connectivity index (χ4n) is 2.17. The normalized spacial score (nSPS) is 26.1. The van der Waals surface area contributed by atoms with E-state index in [1.807, 2.05) is 6.92 Å². The average Bonchev–Trinajstić information content (AvgIpc) is 2.26. The Bertz CT molecular complexity index is 530. The maximum Gasteiger partial charge on any atom is 0.185 e. The number of sulfone groups is 1. The van der Waals surface area contributed by atoms with Crippen LogP contribution in [0.4, 0.5) is 5.69 Å². The van der Waals surface area contributed by atoms with E-state index >= 15 is 0 Å². The summed E-state index contributed by atoms with van der Waals surface area (Å²) in [6.07, 6.45) is 0.252. The number of aliphatic hydroxyl groups is 1. The van der Waals surface area contributed by atoms with Crippen molar-refractivity contribution in [2.45, 2.75) is 29.5 Å². The molecule has 6 heteroatoms. The molecule has 0 fully saturated rings. The molecule has 1 aliphatic rings. The van der Waals surface area contributed by atoms with E-state index in [0.717, 1.165) is 4.47 Å². The van der Waals surface area contributed by atoms with Gasteiger partial charge in [-0.05, 0) is 41.4 Å². The third-order valence-electron chi connectivity index (χ3n) is 3.02. The van der Waals surface area contributed by atoms with E-state index in [4.69, 9.17) is 5.11 Å². The van der Waals surface area contributed by atoms with Gasteiger partial charge in [0, 0.05) is 17.1 Å². The van der Waals surface area contributed by atoms with Gasteiger partial charge in [-0.3, -0.25) is 0 Å². The second kappa shape index (κ2) is 4.59. The van der Waals surface area contributed by atoms with Crippen molar-refractivity contribution in [3.05, 3.63) is 22.7 Å². The van der Waals surface area contributed by atoms with Crippen LogP contribution in [-0.2, 0) is 9.84 Å². The Balaban J connectivity index is 2.58. The Morgan fingerprint density at radius 3 is 2.82 bits per heavy atom. The minimum atomic E-state index is -3.37. The van der Waals surface area contributed by atoms with Gasteiger partial charge >= 0.3 is 0 Å². The molecule has 1 aromatic rings. The van der Waals surface area contributed by atoms with Crippen LogP contribution in [0.2, 0.25) is 0 Å². The van der Waals surface area contributed by atoms with E-state index < -0.39 is 15.1 Å². The average molecular weight is 320 g/mol. The summed E-state index contributed by atoms with van der Waals surface area (Å²) in [6.45, 7) is 1.69. The number of fused-ring (bicyclic) bond motifs is 1. The van der Waals surface area contributed by atoms with Gasteiger partial charge < -0.3 is 10.4 Å². The van der Waals surface area contributed by atoms with E-state index in [1.54, 1.807) is 18.2 Å². The Morgan fingerprint density at radius 2 is 2.18 bits per heavy atom. The summed E-state index contributed by atoms with van der Waals surface area (Å²) in [5, 5.41) is 11.6. The molecule has 2 unspecified atom stereocenters. The van der Waals surface area contributed by atoms with E-state index in [-0.39, 0.29) is 19.1 Å². The molecule has 0 aromatic heterocycles. The lowest BCUT2D eigenvalue weighted by atomic mass is 10.1. The Hall–Kier alpha value is -0.590. The summed E-state index contributed by atoms with van der Waals surface area (Å²) in [4.78, 5) is 0.309. The van der Waals surface area contributed by atoms with Crippen LogP contribution >= 0.6 is 15.9 Å². The molecule has 1 aromatic carbocycles. The van der Waals surface area contributed by atoms with Crippen LogP contribution in [0.15, 0.2) is 27.6 Å². The number of rotatable bonds is 2. The molecule has 1 heterocycles. The highest BCUT2D eigenvalue weighted by Crippen LogP contribution is 2.38. The van der Waals surface area contributed by atoms with Gasteiger partial charge in [0.1, 0.15) is 0 Å². The molecule has 17 heavy (non-hydrogen) atoms. The van der Waals surface area contributed by atoms with Crippen molar-refractivity contribution < 1.29 is 13.5 Å². The summed E-state index contributed by atoms with van der Waals surface area (Å²) >= 11 is 3.34. The summed E-state index contributed by atoms with van der Waals surface area (Å²) in [5.41, 5.74) is 0.620. The van der Waals surface area contributed by atoms with Gasteiger partial charge in [-0.1, -0.05) is 6.07 Å². The van der Waals surface area contributed by atoms with Crippen molar-refractivity contribution in [2.24, 2.45) is 0 Å². The number of para-hydroxylation sites is 1. The highest BCUT2D eigenvalue weighted by Gasteiger charge is 2.38. The SMILES string of the molecule is CC1Nc2c(Br)cccc2S(=O)(=O)C1CCO. The van der Waals surface area contributed by atoms with Gasteiger partial charge in [0.05, 0.1) is 15.8 Å². The van der Waals surface area contributed by atoms with Crippen molar-refractivity contribution >= 4 is 31.5 Å². The van der Waals surface area contributed by atoms with Gasteiger partial charge in [0.15, 0.2) is 9.84 Å². The van der Waals surface area contributed by atoms with Crippen molar-refractivity contribution in [1.82, 2.24) is 0 Å². The fourth-order valence-corrected chi connectivity index (χ4v) is 4.85. The second-order valence-electron chi connectivity index (χ2n) is 4.14. The Kier molecular flexibility index (Phi) is 3.47. The number of hydrogen-bond acceptors (Lipinski definition) is 4. The van der Waals surface area contributed by atoms with Crippen LogP contribution in [0.1, 0.15) is 13.3 Å². The van der Waals surface area contributed by atoms with Crippen LogP contribution in [0.5, 0.6) is 0 Å². The molecule has 0 spiro atoms. The number of halogens is 1. The third kappa shape index (κ3) is 2.09. The lowest BCUT2D eigenvalue weighted by Crippen LogP contribution is -2.42. The van der Waals surface area contributed by atoms with E-state index in [0.29, 0.717) is 10.6 Å². The molecule has 0 aliphatic carbocycles. The minimum absolute atomic E-state index is 0.126. The Morgan fingerprint density at radius 1 is 1.47 bits per heavy atom. The van der Waals surface area contributed by atoms with Crippen LogP contribution in [0.3, 0.4) is 0 Å². The number of nitrogens with one attached hydrogen (secondary N) is 1. The lowest BCUT2D eigenvalue weighted by Gasteiger charge is -2.32. The molecule has 2 rings (SSSR count). The van der Waals surface area contributed by atoms with Crippen molar-refractivity contribution in [2.75, 3.05) is 11.9 Å². The molecular weight excluding hydrogens is 306 g/mol. The first-order valence-electron chi connectivity index (χ1n) is 5.38. The fraction of sp³-hybridized carbons (Fsp3) is 0.455. The van der Waals surface area contributed by atoms with Gasteiger partial charge in [-0.2, -0.15) is 0 Å². The molecule has 0 saturated carbocycles. The van der Waals surface area contributed by atoms with Gasteiger partial charge in [0.2, 0.25) is 0 Å². The smallest absolute Gasteiger partial charge is 0.185 e. The minimum Gasteiger partial charge on any atom is -0.396 e. The zero-order valence-corrected chi connectivity index (χ0v) is 11.8. The standard InChI is InChI=1S/C11H14BrNO3S/c1-7-9(5-6-14)17(15,16)10-4-2-3-8(12)11(10)13-7/h2-4,7,9,13-14H,5-6H2,1H3. The molecule has 0 bridgehead atoms. The van der Waals surface area contributed by atoms with Gasteiger partial charge in [-0.25, -0.2) is 8.42 Å². The predicted molar refractivity (Wildman–Crippen MR) is 69.9 cm³/mol. The van der Waals surface area contributed by atoms with Crippen LogP contribution in [0, 0.1) is 0 Å². The topological polar surface area (TPSA) is 66.4 Å². The molecule has 1 aliphatic heterocycles. The first-order valence-corrected chi connectivity index (χ1v) is 7.72.